The van der Waals surface area contributed by atoms with Crippen molar-refractivity contribution in [1.29, 1.82) is 0 Å². The second-order valence-corrected chi connectivity index (χ2v) is 9.13. The smallest absolute Gasteiger partial charge is 0.321 e. The van der Waals surface area contributed by atoms with Gasteiger partial charge in [-0.25, -0.2) is 4.68 Å². The van der Waals surface area contributed by atoms with E-state index in [9.17, 15) is 17.7 Å². The molecule has 0 spiro atoms. The summed E-state index contributed by atoms with van der Waals surface area (Å²) in [5, 5.41) is 6.54. The number of hydrogen-bond donors (Lipinski definition) is 1. The minimum absolute atomic E-state index is 0.0950. The van der Waals surface area contributed by atoms with E-state index in [-0.39, 0.29) is 15.7 Å². The summed E-state index contributed by atoms with van der Waals surface area (Å²) >= 11 is 12.0. The van der Waals surface area contributed by atoms with Gasteiger partial charge in [-0.3, -0.25) is 0 Å². The predicted octanol–water partition coefficient (Wildman–Crippen LogP) is 5.93. The molecule has 0 fully saturated rings. The number of rotatable bonds is 5. The van der Waals surface area contributed by atoms with Gasteiger partial charge in [0, 0.05) is 18.4 Å². The van der Waals surface area contributed by atoms with E-state index < -0.39 is 19.0 Å². The molecule has 1 aromatic heterocycles. The van der Waals surface area contributed by atoms with Crippen LogP contribution in [0.15, 0.2) is 24.4 Å². The molecule has 2 aromatic rings. The molecular weight excluding hydrogens is 385 g/mol. The Labute approximate surface area is 147 Å². The molecule has 0 radical (unpaired) electrons. The van der Waals surface area contributed by atoms with Crippen molar-refractivity contribution in [2.24, 2.45) is 0 Å². The van der Waals surface area contributed by atoms with Crippen LogP contribution in [0.2, 0.25) is 10.0 Å². The lowest BCUT2D eigenvalue weighted by molar-refractivity contribution is -0.137. The Kier molecular flexibility index (Phi) is 5.57. The standard InChI is InChI=1S/C14H15Cl2F3N3OP/c1-3-24(23,4-2)21-12-5-6-20-22(12)13-10(15)7-9(8-11(13)16)14(17,18)19/h5-8H,3-4H2,1-2H3,(H,21,23). The molecule has 132 valence electrons. The van der Waals surface area contributed by atoms with E-state index in [4.69, 9.17) is 23.2 Å². The van der Waals surface area contributed by atoms with Crippen LogP contribution in [0, 0.1) is 0 Å². The number of nitrogens with zero attached hydrogens (tertiary/aromatic N) is 2. The SMILES string of the molecule is CCP(=O)(CC)Nc1ccnn1-c1c(Cl)cc(C(F)(F)F)cc1Cl. The number of alkyl halides is 3. The van der Waals surface area contributed by atoms with Crippen molar-refractivity contribution in [2.75, 3.05) is 17.4 Å². The van der Waals surface area contributed by atoms with Crippen LogP contribution in [0.4, 0.5) is 19.0 Å². The minimum Gasteiger partial charge on any atom is -0.321 e. The quantitative estimate of drug-likeness (QED) is 0.633. The summed E-state index contributed by atoms with van der Waals surface area (Å²) in [7, 11) is -2.66. The Morgan fingerprint density at radius 2 is 1.75 bits per heavy atom. The zero-order valence-corrected chi connectivity index (χ0v) is 15.3. The normalized spacial score (nSPS) is 12.5. The van der Waals surface area contributed by atoms with Gasteiger partial charge in [0.25, 0.3) is 0 Å². The van der Waals surface area contributed by atoms with Crippen molar-refractivity contribution in [3.8, 4) is 5.69 Å². The first-order valence-corrected chi connectivity index (χ1v) is 9.91. The van der Waals surface area contributed by atoms with Crippen LogP contribution >= 0.6 is 30.5 Å². The summed E-state index contributed by atoms with van der Waals surface area (Å²) in [6, 6.07) is 3.13. The summed E-state index contributed by atoms with van der Waals surface area (Å²) in [6.07, 6.45) is -2.30. The van der Waals surface area contributed by atoms with Crippen LogP contribution in [0.3, 0.4) is 0 Å². The van der Waals surface area contributed by atoms with Crippen molar-refractivity contribution < 1.29 is 17.7 Å². The average Bonchev–Trinajstić information content (AvgIpc) is 2.93. The highest BCUT2D eigenvalue weighted by molar-refractivity contribution is 7.65. The van der Waals surface area contributed by atoms with Crippen molar-refractivity contribution in [3.05, 3.63) is 40.0 Å². The molecule has 10 heteroatoms. The largest absolute Gasteiger partial charge is 0.416 e. The maximum atomic E-state index is 12.8. The lowest BCUT2D eigenvalue weighted by Gasteiger charge is -2.19. The molecule has 4 nitrogen and oxygen atoms in total. The lowest BCUT2D eigenvalue weighted by Crippen LogP contribution is -2.10. The molecule has 1 heterocycles. The summed E-state index contributed by atoms with van der Waals surface area (Å²) < 4.78 is 52.3. The van der Waals surface area contributed by atoms with Gasteiger partial charge in [-0.15, -0.1) is 0 Å². The molecule has 0 amide bonds. The molecule has 0 aliphatic carbocycles. The summed E-state index contributed by atoms with van der Waals surface area (Å²) in [5.74, 6) is 0.352. The van der Waals surface area contributed by atoms with Crippen LogP contribution in [0.5, 0.6) is 0 Å². The number of hydrogen-bond acceptors (Lipinski definition) is 2. The maximum absolute atomic E-state index is 12.8. The van der Waals surface area contributed by atoms with E-state index in [1.165, 1.54) is 10.9 Å². The van der Waals surface area contributed by atoms with Gasteiger partial charge in [-0.05, 0) is 12.1 Å². The zero-order chi connectivity index (χ0) is 18.1. The van der Waals surface area contributed by atoms with Crippen LogP contribution < -0.4 is 5.09 Å². The molecule has 0 aliphatic rings. The van der Waals surface area contributed by atoms with Crippen molar-refractivity contribution in [1.82, 2.24) is 9.78 Å². The summed E-state index contributed by atoms with van der Waals surface area (Å²) in [5.41, 5.74) is -0.853. The van der Waals surface area contributed by atoms with Crippen molar-refractivity contribution in [2.45, 2.75) is 20.0 Å². The van der Waals surface area contributed by atoms with Crippen LogP contribution in [0.25, 0.3) is 5.69 Å². The van der Waals surface area contributed by atoms with E-state index >= 15 is 0 Å². The summed E-state index contributed by atoms with van der Waals surface area (Å²) in [6.45, 7) is 3.58. The molecule has 24 heavy (non-hydrogen) atoms. The Morgan fingerprint density at radius 1 is 1.21 bits per heavy atom. The molecule has 1 aromatic carbocycles. The lowest BCUT2D eigenvalue weighted by atomic mass is 10.2. The zero-order valence-electron chi connectivity index (χ0n) is 12.9. The highest BCUT2D eigenvalue weighted by Crippen LogP contribution is 2.45. The van der Waals surface area contributed by atoms with Gasteiger partial charge in [0.15, 0.2) is 7.29 Å². The Bertz CT molecular complexity index is 761. The monoisotopic (exact) mass is 399 g/mol. The molecule has 0 unspecified atom stereocenters. The third kappa shape index (κ3) is 3.90. The molecule has 1 N–H and O–H groups in total. The predicted molar refractivity (Wildman–Crippen MR) is 90.9 cm³/mol. The molecule has 0 saturated carbocycles. The second-order valence-electron chi connectivity index (χ2n) is 5.05. The molecular formula is C14H15Cl2F3N3OP. The first-order valence-electron chi connectivity index (χ1n) is 7.08. The van der Waals surface area contributed by atoms with E-state index in [2.05, 4.69) is 10.2 Å². The average molecular weight is 400 g/mol. The summed E-state index contributed by atoms with van der Waals surface area (Å²) in [4.78, 5) is 0. The van der Waals surface area contributed by atoms with Gasteiger partial charge in [0.2, 0.25) is 0 Å². The fraction of sp³-hybridized carbons (Fsp3) is 0.357. The van der Waals surface area contributed by atoms with E-state index in [1.54, 1.807) is 19.9 Å². The molecule has 0 atom stereocenters. The van der Waals surface area contributed by atoms with Gasteiger partial charge in [0.05, 0.1) is 21.8 Å². The highest BCUT2D eigenvalue weighted by atomic mass is 35.5. The first-order chi connectivity index (χ1) is 11.1. The molecule has 2 rings (SSSR count). The van der Waals surface area contributed by atoms with E-state index in [0.717, 1.165) is 12.1 Å². The number of anilines is 1. The maximum Gasteiger partial charge on any atom is 0.416 e. The topological polar surface area (TPSA) is 46.9 Å². The Hall–Kier alpha value is -1.17. The van der Waals surface area contributed by atoms with Crippen LogP contribution in [-0.4, -0.2) is 22.1 Å². The van der Waals surface area contributed by atoms with Gasteiger partial charge >= 0.3 is 6.18 Å². The van der Waals surface area contributed by atoms with Crippen LogP contribution in [-0.2, 0) is 10.7 Å². The number of aromatic nitrogens is 2. The molecule has 0 saturated heterocycles. The molecule has 0 aliphatic heterocycles. The fourth-order valence-corrected chi connectivity index (χ4v) is 4.09. The van der Waals surface area contributed by atoms with Gasteiger partial charge in [-0.1, -0.05) is 37.0 Å². The van der Waals surface area contributed by atoms with Gasteiger partial charge < -0.3 is 9.65 Å². The van der Waals surface area contributed by atoms with Gasteiger partial charge in [0.1, 0.15) is 11.5 Å². The number of benzene rings is 1. The third-order valence-electron chi connectivity index (χ3n) is 3.54. The van der Waals surface area contributed by atoms with Crippen LogP contribution in [0.1, 0.15) is 19.4 Å². The number of nitrogens with one attached hydrogen (secondary N) is 1. The fourth-order valence-electron chi connectivity index (χ4n) is 2.09. The third-order valence-corrected chi connectivity index (χ3v) is 6.79. The van der Waals surface area contributed by atoms with Gasteiger partial charge in [-0.2, -0.15) is 18.3 Å². The Morgan fingerprint density at radius 3 is 2.21 bits per heavy atom. The Balaban J connectivity index is 2.52. The second kappa shape index (κ2) is 6.98. The minimum atomic E-state index is -4.56. The van der Waals surface area contributed by atoms with E-state index in [0.29, 0.717) is 18.1 Å². The number of halogens is 5. The molecule has 0 bridgehead atoms. The van der Waals surface area contributed by atoms with Crippen molar-refractivity contribution >= 4 is 36.3 Å². The van der Waals surface area contributed by atoms with Crippen molar-refractivity contribution in [3.63, 3.8) is 0 Å². The first kappa shape index (κ1) is 19.2. The highest BCUT2D eigenvalue weighted by Gasteiger charge is 2.32. The van der Waals surface area contributed by atoms with E-state index in [1.807, 2.05) is 0 Å².